The minimum absolute atomic E-state index is 0. The number of phenols is 1. The van der Waals surface area contributed by atoms with Gasteiger partial charge in [0.15, 0.2) is 0 Å². The molecule has 1 aliphatic rings. The minimum Gasteiger partial charge on any atom is -0.508 e. The number of fused-ring (bicyclic) bond motifs is 1. The van der Waals surface area contributed by atoms with Crippen molar-refractivity contribution in [2.24, 2.45) is 0 Å². The van der Waals surface area contributed by atoms with E-state index in [1.165, 1.54) is 6.07 Å². The molecule has 0 spiro atoms. The minimum atomic E-state index is 0. The van der Waals surface area contributed by atoms with Crippen molar-refractivity contribution < 1.29 is 9.90 Å². The third kappa shape index (κ3) is 2.19. The first-order valence-corrected chi connectivity index (χ1v) is 5.98. The Kier molecular flexibility index (Phi) is 3.53. The molecule has 0 unspecified atom stereocenters. The van der Waals surface area contributed by atoms with Crippen LogP contribution < -0.4 is 10.6 Å². The first-order valence-electron chi connectivity index (χ1n) is 5.98. The average molecular weight is 279 g/mol. The van der Waals surface area contributed by atoms with Crippen LogP contribution in [0.1, 0.15) is 12.8 Å². The lowest BCUT2D eigenvalue weighted by molar-refractivity contribution is -0.117. The Morgan fingerprint density at radius 3 is 2.68 bits per heavy atom. The van der Waals surface area contributed by atoms with Gasteiger partial charge < -0.3 is 15.7 Å². The van der Waals surface area contributed by atoms with Crippen LogP contribution in [0.5, 0.6) is 5.75 Å². The largest absolute Gasteiger partial charge is 0.508 e. The zero-order chi connectivity index (χ0) is 12.7. The van der Waals surface area contributed by atoms with Gasteiger partial charge in [0.1, 0.15) is 5.75 Å². The Balaban J connectivity index is 0.00000133. The fraction of sp³-hybridized carbons (Fsp3) is 0.214. The Morgan fingerprint density at radius 1 is 1.21 bits per heavy atom. The van der Waals surface area contributed by atoms with Crippen molar-refractivity contribution in [3.05, 3.63) is 30.3 Å². The molecule has 0 atom stereocenters. The molecule has 0 aromatic heterocycles. The molecule has 2 aromatic carbocycles. The van der Waals surface area contributed by atoms with Gasteiger partial charge in [-0.1, -0.05) is 12.1 Å². The quantitative estimate of drug-likeness (QED) is 0.788. The molecule has 1 heterocycles. The van der Waals surface area contributed by atoms with E-state index in [-0.39, 0.29) is 24.1 Å². The number of benzene rings is 2. The summed E-state index contributed by atoms with van der Waals surface area (Å²) in [5.41, 5.74) is 7.25. The maximum atomic E-state index is 11.8. The number of carbonyl (C=O) groups excluding carboxylic acids is 1. The highest BCUT2D eigenvalue weighted by molar-refractivity contribution is 6.08. The van der Waals surface area contributed by atoms with Gasteiger partial charge in [-0.05, 0) is 18.6 Å². The smallest absolute Gasteiger partial charge is 0.227 e. The van der Waals surface area contributed by atoms with Crippen LogP contribution in [0.3, 0.4) is 0 Å². The molecule has 0 saturated carbocycles. The number of hydrogen-bond donors (Lipinski definition) is 2. The summed E-state index contributed by atoms with van der Waals surface area (Å²) in [5.74, 6) is 0.253. The van der Waals surface area contributed by atoms with Crippen molar-refractivity contribution in [2.75, 3.05) is 17.2 Å². The highest BCUT2D eigenvalue weighted by Gasteiger charge is 2.23. The van der Waals surface area contributed by atoms with Crippen LogP contribution in [0.25, 0.3) is 10.8 Å². The van der Waals surface area contributed by atoms with Gasteiger partial charge in [-0.3, -0.25) is 4.79 Å². The monoisotopic (exact) mass is 278 g/mol. The van der Waals surface area contributed by atoms with Crippen LogP contribution in [-0.4, -0.2) is 17.6 Å². The number of amides is 1. The molecule has 1 aliphatic heterocycles. The molecule has 19 heavy (non-hydrogen) atoms. The second-order valence-electron chi connectivity index (χ2n) is 4.56. The maximum Gasteiger partial charge on any atom is 0.227 e. The summed E-state index contributed by atoms with van der Waals surface area (Å²) in [6, 6.07) is 8.86. The number of carbonyl (C=O) groups is 1. The number of nitrogens with two attached hydrogens (primary N) is 1. The predicted octanol–water partition coefficient (Wildman–Crippen LogP) is 2.68. The van der Waals surface area contributed by atoms with Gasteiger partial charge in [0.05, 0.1) is 5.69 Å². The lowest BCUT2D eigenvalue weighted by atomic mass is 10.1. The molecule has 0 aliphatic carbocycles. The lowest BCUT2D eigenvalue weighted by Crippen LogP contribution is -2.23. The van der Waals surface area contributed by atoms with E-state index < -0.39 is 0 Å². The van der Waals surface area contributed by atoms with Gasteiger partial charge in [0, 0.05) is 35.5 Å². The van der Waals surface area contributed by atoms with Crippen LogP contribution in [0, 0.1) is 0 Å². The predicted molar refractivity (Wildman–Crippen MR) is 78.9 cm³/mol. The number of anilines is 2. The normalized spacial score (nSPS) is 14.7. The number of hydrogen-bond acceptors (Lipinski definition) is 3. The van der Waals surface area contributed by atoms with Crippen LogP contribution >= 0.6 is 12.4 Å². The van der Waals surface area contributed by atoms with E-state index in [0.717, 1.165) is 29.4 Å². The van der Waals surface area contributed by atoms with Crippen LogP contribution in [-0.2, 0) is 4.79 Å². The molecule has 2 aromatic rings. The van der Waals surface area contributed by atoms with Crippen molar-refractivity contribution in [2.45, 2.75) is 12.8 Å². The van der Waals surface area contributed by atoms with Gasteiger partial charge in [-0.2, -0.15) is 0 Å². The zero-order valence-corrected chi connectivity index (χ0v) is 11.1. The van der Waals surface area contributed by atoms with Crippen LogP contribution in [0.15, 0.2) is 30.3 Å². The number of aromatic hydroxyl groups is 1. The Bertz CT molecular complexity index is 643. The molecule has 1 fully saturated rings. The van der Waals surface area contributed by atoms with E-state index in [1.54, 1.807) is 11.0 Å². The van der Waals surface area contributed by atoms with Gasteiger partial charge >= 0.3 is 0 Å². The molecular weight excluding hydrogens is 264 g/mol. The van der Waals surface area contributed by atoms with Crippen LogP contribution in [0.2, 0.25) is 0 Å². The highest BCUT2D eigenvalue weighted by atomic mass is 35.5. The molecule has 0 radical (unpaired) electrons. The molecule has 1 amide bonds. The Morgan fingerprint density at radius 2 is 2.00 bits per heavy atom. The molecule has 0 bridgehead atoms. The van der Waals surface area contributed by atoms with Gasteiger partial charge in [0.2, 0.25) is 5.91 Å². The maximum absolute atomic E-state index is 11.8. The molecule has 4 nitrogen and oxygen atoms in total. The van der Waals surface area contributed by atoms with E-state index in [4.69, 9.17) is 5.73 Å². The Hall–Kier alpha value is -1.94. The molecule has 1 saturated heterocycles. The SMILES string of the molecule is Cl.Nc1cc(O)cc2c(N3CCCC3=O)cccc12. The standard InChI is InChI=1S/C14H14N2O2.ClH/c15-12-8-9(17)7-11-10(12)3-1-4-13(11)16-6-2-5-14(16)18;/h1,3-4,7-8,17H,2,5-6,15H2;1H. The summed E-state index contributed by atoms with van der Waals surface area (Å²) in [6.45, 7) is 0.730. The van der Waals surface area contributed by atoms with E-state index in [1.807, 2.05) is 18.2 Å². The highest BCUT2D eigenvalue weighted by Crippen LogP contribution is 2.35. The van der Waals surface area contributed by atoms with Gasteiger partial charge in [0.25, 0.3) is 0 Å². The van der Waals surface area contributed by atoms with E-state index >= 15 is 0 Å². The number of rotatable bonds is 1. The fourth-order valence-electron chi connectivity index (χ4n) is 2.52. The van der Waals surface area contributed by atoms with E-state index in [9.17, 15) is 9.90 Å². The van der Waals surface area contributed by atoms with Crippen molar-refractivity contribution in [3.8, 4) is 5.75 Å². The van der Waals surface area contributed by atoms with E-state index in [0.29, 0.717) is 12.1 Å². The molecule has 100 valence electrons. The third-order valence-electron chi connectivity index (χ3n) is 3.35. The summed E-state index contributed by atoms with van der Waals surface area (Å²) in [7, 11) is 0. The second-order valence-corrected chi connectivity index (χ2v) is 4.56. The summed E-state index contributed by atoms with van der Waals surface area (Å²) in [6.07, 6.45) is 1.47. The molecule has 3 N–H and O–H groups in total. The fourth-order valence-corrected chi connectivity index (χ4v) is 2.52. The summed E-state index contributed by atoms with van der Waals surface area (Å²) in [5, 5.41) is 11.4. The average Bonchev–Trinajstić information content (AvgIpc) is 2.74. The number of nitrogens with zero attached hydrogens (tertiary/aromatic N) is 1. The van der Waals surface area contributed by atoms with Gasteiger partial charge in [-0.15, -0.1) is 12.4 Å². The summed E-state index contributed by atoms with van der Waals surface area (Å²) >= 11 is 0. The van der Waals surface area contributed by atoms with Crippen molar-refractivity contribution in [1.29, 1.82) is 0 Å². The topological polar surface area (TPSA) is 66.6 Å². The van der Waals surface area contributed by atoms with Crippen molar-refractivity contribution >= 4 is 40.5 Å². The van der Waals surface area contributed by atoms with E-state index in [2.05, 4.69) is 0 Å². The molecular formula is C14H15ClN2O2. The second kappa shape index (κ2) is 4.97. The van der Waals surface area contributed by atoms with Crippen molar-refractivity contribution in [1.82, 2.24) is 0 Å². The first kappa shape index (κ1) is 13.5. The Labute approximate surface area is 117 Å². The third-order valence-corrected chi connectivity index (χ3v) is 3.35. The molecule has 5 heteroatoms. The zero-order valence-electron chi connectivity index (χ0n) is 10.3. The first-order chi connectivity index (χ1) is 8.66. The number of halogens is 1. The van der Waals surface area contributed by atoms with Crippen molar-refractivity contribution in [3.63, 3.8) is 0 Å². The summed E-state index contributed by atoms with van der Waals surface area (Å²) < 4.78 is 0. The molecule has 3 rings (SSSR count). The number of nitrogen functional groups attached to an aromatic ring is 1. The lowest BCUT2D eigenvalue weighted by Gasteiger charge is -2.18. The van der Waals surface area contributed by atoms with Gasteiger partial charge in [-0.25, -0.2) is 0 Å². The number of phenolic OH excluding ortho intramolecular Hbond substituents is 1. The van der Waals surface area contributed by atoms with Crippen LogP contribution in [0.4, 0.5) is 11.4 Å². The summed E-state index contributed by atoms with van der Waals surface area (Å²) in [4.78, 5) is 13.6.